The van der Waals surface area contributed by atoms with Crippen molar-refractivity contribution in [3.8, 4) is 0 Å². The van der Waals surface area contributed by atoms with Gasteiger partial charge < -0.3 is 10.1 Å². The largest absolute Gasteiger partial charge is 0.372 e. The van der Waals surface area contributed by atoms with Crippen LogP contribution in [0.5, 0.6) is 0 Å². The van der Waals surface area contributed by atoms with E-state index in [0.29, 0.717) is 18.3 Å². The van der Waals surface area contributed by atoms with Gasteiger partial charge in [0.1, 0.15) is 11.9 Å². The Balaban J connectivity index is 2.12. The van der Waals surface area contributed by atoms with Gasteiger partial charge in [0.05, 0.1) is 5.69 Å². The molecule has 1 unspecified atom stereocenters. The van der Waals surface area contributed by atoms with Gasteiger partial charge >= 0.3 is 0 Å². The van der Waals surface area contributed by atoms with Crippen LogP contribution in [0.25, 0.3) is 0 Å². The quantitative estimate of drug-likeness (QED) is 0.894. The molecule has 1 aromatic heterocycles. The number of pyridine rings is 1. The summed E-state index contributed by atoms with van der Waals surface area (Å²) in [7, 11) is 0. The van der Waals surface area contributed by atoms with E-state index in [9.17, 15) is 4.79 Å². The summed E-state index contributed by atoms with van der Waals surface area (Å²) in [6, 6.07) is 5.73. The van der Waals surface area contributed by atoms with Crippen LogP contribution in [0.4, 0.5) is 5.82 Å². The van der Waals surface area contributed by atoms with Gasteiger partial charge in [-0.05, 0) is 37.8 Å². The number of carbonyl (C=O) groups excluding carboxylic acids is 1. The van der Waals surface area contributed by atoms with Crippen molar-refractivity contribution >= 4 is 11.7 Å². The Kier molecular flexibility index (Phi) is 4.43. The molecule has 1 amide bonds. The lowest BCUT2D eigenvalue weighted by atomic mass is 9.96. The van der Waals surface area contributed by atoms with Gasteiger partial charge in [0.25, 0.3) is 0 Å². The summed E-state index contributed by atoms with van der Waals surface area (Å²) in [5.74, 6) is 1.16. The Morgan fingerprint density at radius 2 is 2.15 bits per heavy atom. The van der Waals surface area contributed by atoms with E-state index in [4.69, 9.17) is 4.74 Å². The minimum atomic E-state index is -0.423. The van der Waals surface area contributed by atoms with Gasteiger partial charge in [-0.25, -0.2) is 4.98 Å². The predicted molar refractivity (Wildman–Crippen MR) is 79.4 cm³/mol. The van der Waals surface area contributed by atoms with Gasteiger partial charge in [-0.15, -0.1) is 0 Å². The van der Waals surface area contributed by atoms with Crippen LogP contribution < -0.4 is 5.32 Å². The zero-order valence-electron chi connectivity index (χ0n) is 12.8. The average Bonchev–Trinajstić information content (AvgIpc) is 3.19. The van der Waals surface area contributed by atoms with Gasteiger partial charge in [0.2, 0.25) is 5.91 Å². The SMILES string of the molecule is CCOC(c1cccc(NC(=O)C(C)(C)C)n1)C1CC1. The maximum Gasteiger partial charge on any atom is 0.230 e. The molecule has 0 aromatic carbocycles. The normalized spacial score (nSPS) is 16.8. The summed E-state index contributed by atoms with van der Waals surface area (Å²) in [4.78, 5) is 16.6. The number of hydrogen-bond acceptors (Lipinski definition) is 3. The first-order valence-corrected chi connectivity index (χ1v) is 7.32. The molecule has 0 saturated heterocycles. The average molecular weight is 276 g/mol. The first-order valence-electron chi connectivity index (χ1n) is 7.32. The molecule has 1 aliphatic carbocycles. The third kappa shape index (κ3) is 3.79. The molecule has 1 atom stereocenters. The number of aromatic nitrogens is 1. The number of hydrogen-bond donors (Lipinski definition) is 1. The lowest BCUT2D eigenvalue weighted by Gasteiger charge is -2.19. The van der Waals surface area contributed by atoms with E-state index < -0.39 is 5.41 Å². The van der Waals surface area contributed by atoms with Gasteiger partial charge in [-0.1, -0.05) is 26.8 Å². The molecular formula is C16H24N2O2. The molecule has 1 N–H and O–H groups in total. The second-order valence-corrected chi connectivity index (χ2v) is 6.37. The van der Waals surface area contributed by atoms with Crippen molar-refractivity contribution in [1.29, 1.82) is 0 Å². The third-order valence-electron chi connectivity index (χ3n) is 3.38. The Hall–Kier alpha value is -1.42. The minimum absolute atomic E-state index is 0.0264. The van der Waals surface area contributed by atoms with Crippen LogP contribution in [0, 0.1) is 11.3 Å². The number of anilines is 1. The van der Waals surface area contributed by atoms with Crippen molar-refractivity contribution in [1.82, 2.24) is 4.98 Å². The molecule has 20 heavy (non-hydrogen) atoms. The minimum Gasteiger partial charge on any atom is -0.372 e. The molecule has 4 heteroatoms. The van der Waals surface area contributed by atoms with E-state index in [0.717, 1.165) is 5.69 Å². The molecule has 0 aliphatic heterocycles. The molecule has 0 bridgehead atoms. The fourth-order valence-electron chi connectivity index (χ4n) is 2.02. The van der Waals surface area contributed by atoms with E-state index in [1.165, 1.54) is 12.8 Å². The van der Waals surface area contributed by atoms with Crippen LogP contribution >= 0.6 is 0 Å². The van der Waals surface area contributed by atoms with Crippen LogP contribution in [0.1, 0.15) is 52.3 Å². The second kappa shape index (κ2) is 5.92. The Morgan fingerprint density at radius 3 is 2.70 bits per heavy atom. The van der Waals surface area contributed by atoms with E-state index >= 15 is 0 Å². The van der Waals surface area contributed by atoms with Crippen molar-refractivity contribution in [3.05, 3.63) is 23.9 Å². The Bertz CT molecular complexity index is 476. The summed E-state index contributed by atoms with van der Waals surface area (Å²) in [6.45, 7) is 8.35. The highest BCUT2D eigenvalue weighted by Crippen LogP contribution is 2.42. The summed E-state index contributed by atoms with van der Waals surface area (Å²) in [5, 5.41) is 2.87. The highest BCUT2D eigenvalue weighted by atomic mass is 16.5. The summed E-state index contributed by atoms with van der Waals surface area (Å²) < 4.78 is 5.80. The molecule has 1 fully saturated rings. The zero-order valence-corrected chi connectivity index (χ0v) is 12.8. The number of rotatable bonds is 5. The number of nitrogens with zero attached hydrogens (tertiary/aromatic N) is 1. The molecule has 1 aliphatic rings. The second-order valence-electron chi connectivity index (χ2n) is 6.37. The van der Waals surface area contributed by atoms with Crippen LogP contribution in [-0.4, -0.2) is 17.5 Å². The lowest BCUT2D eigenvalue weighted by molar-refractivity contribution is -0.123. The van der Waals surface area contributed by atoms with Gasteiger partial charge in [-0.2, -0.15) is 0 Å². The van der Waals surface area contributed by atoms with Gasteiger partial charge in [0.15, 0.2) is 0 Å². The third-order valence-corrected chi connectivity index (χ3v) is 3.38. The van der Waals surface area contributed by atoms with Gasteiger partial charge in [-0.3, -0.25) is 4.79 Å². The Morgan fingerprint density at radius 1 is 1.45 bits per heavy atom. The molecule has 4 nitrogen and oxygen atoms in total. The molecule has 0 spiro atoms. The topological polar surface area (TPSA) is 51.2 Å². The van der Waals surface area contributed by atoms with E-state index in [1.54, 1.807) is 0 Å². The van der Waals surface area contributed by atoms with E-state index in [1.807, 2.05) is 45.9 Å². The van der Waals surface area contributed by atoms with Crippen LogP contribution in [-0.2, 0) is 9.53 Å². The van der Waals surface area contributed by atoms with E-state index in [2.05, 4.69) is 10.3 Å². The van der Waals surface area contributed by atoms with Crippen LogP contribution in [0.3, 0.4) is 0 Å². The fourth-order valence-corrected chi connectivity index (χ4v) is 2.02. The maximum atomic E-state index is 12.0. The molecule has 1 heterocycles. The highest BCUT2D eigenvalue weighted by molar-refractivity contribution is 5.93. The zero-order chi connectivity index (χ0) is 14.8. The first-order chi connectivity index (χ1) is 9.41. The maximum absolute atomic E-state index is 12.0. The molecule has 2 rings (SSSR count). The summed E-state index contributed by atoms with van der Waals surface area (Å²) in [5.41, 5.74) is 0.495. The fraction of sp³-hybridized carbons (Fsp3) is 0.625. The number of nitrogens with one attached hydrogen (secondary N) is 1. The van der Waals surface area contributed by atoms with Crippen molar-refractivity contribution < 1.29 is 9.53 Å². The van der Waals surface area contributed by atoms with Crippen molar-refractivity contribution in [2.24, 2.45) is 11.3 Å². The summed E-state index contributed by atoms with van der Waals surface area (Å²) >= 11 is 0. The Labute approximate surface area is 120 Å². The summed E-state index contributed by atoms with van der Waals surface area (Å²) in [6.07, 6.45) is 2.46. The number of carbonyl (C=O) groups is 1. The highest BCUT2D eigenvalue weighted by Gasteiger charge is 2.34. The smallest absolute Gasteiger partial charge is 0.230 e. The molecule has 1 aromatic rings. The molecule has 110 valence electrons. The predicted octanol–water partition coefficient (Wildman–Crippen LogP) is 3.55. The van der Waals surface area contributed by atoms with Crippen LogP contribution in [0.15, 0.2) is 18.2 Å². The molecular weight excluding hydrogens is 252 g/mol. The van der Waals surface area contributed by atoms with Crippen LogP contribution in [0.2, 0.25) is 0 Å². The van der Waals surface area contributed by atoms with Gasteiger partial charge in [0, 0.05) is 12.0 Å². The lowest BCUT2D eigenvalue weighted by Crippen LogP contribution is -2.28. The molecule has 0 radical (unpaired) electrons. The monoisotopic (exact) mass is 276 g/mol. The van der Waals surface area contributed by atoms with Crippen molar-refractivity contribution in [3.63, 3.8) is 0 Å². The first kappa shape index (κ1) is 15.0. The number of ether oxygens (including phenoxy) is 1. The molecule has 1 saturated carbocycles. The van der Waals surface area contributed by atoms with Crippen molar-refractivity contribution in [2.45, 2.75) is 46.6 Å². The standard InChI is InChI=1S/C16H24N2O2/c1-5-20-14(11-9-10-11)12-7-6-8-13(17-12)18-15(19)16(2,3)4/h6-8,11,14H,5,9-10H2,1-4H3,(H,17,18,19). The number of amides is 1. The van der Waals surface area contributed by atoms with E-state index in [-0.39, 0.29) is 12.0 Å². The van der Waals surface area contributed by atoms with Crippen molar-refractivity contribution in [2.75, 3.05) is 11.9 Å².